The number of aryl methyl sites for hydroxylation is 1. The maximum Gasteiger partial charge on any atom is 0.358 e. The Kier molecular flexibility index (Phi) is 9.19. The van der Waals surface area contributed by atoms with Crippen LogP contribution in [-0.2, 0) is 14.9 Å². The van der Waals surface area contributed by atoms with Gasteiger partial charge in [0.05, 0.1) is 0 Å². The first kappa shape index (κ1) is 31.3. The van der Waals surface area contributed by atoms with Crippen LogP contribution in [0, 0.1) is 37.7 Å². The van der Waals surface area contributed by atoms with Crippen molar-refractivity contribution in [1.82, 2.24) is 0 Å². The predicted molar refractivity (Wildman–Crippen MR) is 168 cm³/mol. The predicted octanol–water partition coefficient (Wildman–Crippen LogP) is 5.02. The summed E-state index contributed by atoms with van der Waals surface area (Å²) in [7, 11) is 0. The number of hydrogen-bond donors (Lipinski definition) is 0. The minimum Gasteiger partial charge on any atom is -0.490 e. The fourth-order valence-electron chi connectivity index (χ4n) is 7.60. The van der Waals surface area contributed by atoms with Crippen molar-refractivity contribution in [2.75, 3.05) is 19.8 Å². The Labute approximate surface area is 273 Å². The summed E-state index contributed by atoms with van der Waals surface area (Å²) in [5.74, 6) is 4.67. The lowest BCUT2D eigenvalue weighted by molar-refractivity contribution is -0.598. The van der Waals surface area contributed by atoms with Gasteiger partial charge in [-0.1, -0.05) is 32.9 Å². The third-order valence-electron chi connectivity index (χ3n) is 9.94. The summed E-state index contributed by atoms with van der Waals surface area (Å²) >= 11 is -0.238. The van der Waals surface area contributed by atoms with E-state index in [0.29, 0.717) is 30.8 Å². The van der Waals surface area contributed by atoms with Crippen molar-refractivity contribution >= 4 is 5.97 Å². The Morgan fingerprint density at radius 3 is 1.89 bits per heavy atom. The molecule has 0 amide bonds. The Balaban J connectivity index is 0.909. The molecule has 5 nitrogen and oxygen atoms in total. The van der Waals surface area contributed by atoms with E-state index in [1.54, 1.807) is 0 Å². The SMILES string of the molecule is Cc1cc(OCCOc2ccc(OCC(=O)OC3(C)C4CC5CC(C4)CC3C5)cc2)ccc1[I+]c1ccc(C(C)(C)C)cc1. The number of rotatable bonds is 11. The standard InChI is InChI=1S/C38H46IO5/c1-25-18-34(14-15-35(25)39-31-8-6-28(7-9-31)37(2,3)4)42-17-16-41-32-10-12-33(13-11-32)43-24-36(40)44-38(5)29-20-26-19-27(22-29)23-30(38)21-26/h6-15,18,26-27,29-30H,16-17,19-24H2,1-5H3/q+1. The Bertz CT molecular complexity index is 1410. The number of carbonyl (C=O) groups excluding carboxylic acids is 1. The lowest BCUT2D eigenvalue weighted by Crippen LogP contribution is -3.61. The first-order chi connectivity index (χ1) is 21.0. The van der Waals surface area contributed by atoms with Crippen molar-refractivity contribution < 1.29 is 44.9 Å². The largest absolute Gasteiger partial charge is 0.490 e. The molecule has 4 aliphatic rings. The molecule has 0 unspecified atom stereocenters. The van der Waals surface area contributed by atoms with Crippen molar-refractivity contribution in [2.24, 2.45) is 23.7 Å². The number of esters is 1. The quantitative estimate of drug-likeness (QED) is 0.159. The summed E-state index contributed by atoms with van der Waals surface area (Å²) < 4.78 is 26.6. The molecular weight excluding hydrogens is 663 g/mol. The van der Waals surface area contributed by atoms with E-state index in [2.05, 4.69) is 77.1 Å². The van der Waals surface area contributed by atoms with Gasteiger partial charge in [-0.25, -0.2) is 4.79 Å². The fourth-order valence-corrected chi connectivity index (χ4v) is 9.93. The van der Waals surface area contributed by atoms with Crippen LogP contribution in [0.4, 0.5) is 0 Å². The molecule has 0 radical (unpaired) electrons. The fraction of sp³-hybridized carbons (Fsp3) is 0.500. The highest BCUT2D eigenvalue weighted by Crippen LogP contribution is 2.59. The van der Waals surface area contributed by atoms with E-state index in [0.717, 1.165) is 23.3 Å². The summed E-state index contributed by atoms with van der Waals surface area (Å²) in [6.45, 7) is 11.9. The molecule has 3 aromatic carbocycles. The molecule has 0 atom stereocenters. The van der Waals surface area contributed by atoms with E-state index in [-0.39, 0.29) is 44.8 Å². The Morgan fingerprint density at radius 2 is 1.32 bits per heavy atom. The van der Waals surface area contributed by atoms with E-state index in [1.807, 2.05) is 24.3 Å². The molecule has 0 saturated heterocycles. The van der Waals surface area contributed by atoms with Gasteiger partial charge < -0.3 is 18.9 Å². The molecule has 7 rings (SSSR count). The zero-order chi connectivity index (χ0) is 30.9. The van der Waals surface area contributed by atoms with Gasteiger partial charge in [-0.2, -0.15) is 0 Å². The number of ether oxygens (including phenoxy) is 4. The van der Waals surface area contributed by atoms with Crippen LogP contribution < -0.4 is 35.4 Å². The van der Waals surface area contributed by atoms with E-state index in [1.165, 1.54) is 50.4 Å². The summed E-state index contributed by atoms with van der Waals surface area (Å²) in [6, 6.07) is 22.9. The molecule has 0 N–H and O–H groups in total. The molecule has 4 saturated carbocycles. The van der Waals surface area contributed by atoms with E-state index < -0.39 is 0 Å². The smallest absolute Gasteiger partial charge is 0.358 e. The molecule has 44 heavy (non-hydrogen) atoms. The highest BCUT2D eigenvalue weighted by Gasteiger charge is 2.57. The lowest BCUT2D eigenvalue weighted by Gasteiger charge is -2.59. The highest BCUT2D eigenvalue weighted by atomic mass is 127. The van der Waals surface area contributed by atoms with Crippen LogP contribution in [0.3, 0.4) is 0 Å². The topological polar surface area (TPSA) is 54.0 Å². The second-order valence-corrected chi connectivity index (χ2v) is 17.1. The van der Waals surface area contributed by atoms with Crippen LogP contribution in [0.1, 0.15) is 70.9 Å². The average Bonchev–Trinajstić information content (AvgIpc) is 2.98. The molecule has 0 heterocycles. The molecule has 4 aliphatic carbocycles. The molecular formula is C38H46IO5+. The van der Waals surface area contributed by atoms with Gasteiger partial charge in [0, 0.05) is 5.56 Å². The van der Waals surface area contributed by atoms with Gasteiger partial charge in [-0.05, 0) is 135 Å². The number of carbonyl (C=O) groups is 1. The Hall–Kier alpha value is -2.74. The summed E-state index contributed by atoms with van der Waals surface area (Å²) in [5.41, 5.74) is 2.49. The van der Waals surface area contributed by atoms with Crippen LogP contribution in [-0.4, -0.2) is 31.4 Å². The third-order valence-corrected chi connectivity index (χ3v) is 13.1. The van der Waals surface area contributed by atoms with Crippen LogP contribution in [0.25, 0.3) is 0 Å². The van der Waals surface area contributed by atoms with Gasteiger partial charge >= 0.3 is 27.2 Å². The van der Waals surface area contributed by atoms with Gasteiger partial charge in [-0.3, -0.25) is 0 Å². The first-order valence-electron chi connectivity index (χ1n) is 16.1. The molecule has 6 heteroatoms. The van der Waals surface area contributed by atoms with Gasteiger partial charge in [-0.15, -0.1) is 0 Å². The summed E-state index contributed by atoms with van der Waals surface area (Å²) in [4.78, 5) is 12.8. The van der Waals surface area contributed by atoms with Crippen LogP contribution in [0.15, 0.2) is 66.7 Å². The molecule has 0 aliphatic heterocycles. The monoisotopic (exact) mass is 709 g/mol. The zero-order valence-electron chi connectivity index (χ0n) is 26.7. The molecule has 0 spiro atoms. The van der Waals surface area contributed by atoms with E-state index >= 15 is 0 Å². The van der Waals surface area contributed by atoms with E-state index in [9.17, 15) is 4.79 Å². The second kappa shape index (κ2) is 12.9. The minimum absolute atomic E-state index is 0.0699. The van der Waals surface area contributed by atoms with Gasteiger partial charge in [0.2, 0.25) is 0 Å². The third kappa shape index (κ3) is 7.21. The van der Waals surface area contributed by atoms with Crippen molar-refractivity contribution in [3.63, 3.8) is 0 Å². The van der Waals surface area contributed by atoms with Crippen molar-refractivity contribution in [2.45, 2.75) is 77.7 Å². The van der Waals surface area contributed by atoms with E-state index in [4.69, 9.17) is 18.9 Å². The number of halogens is 1. The Morgan fingerprint density at radius 1 is 0.773 bits per heavy atom. The normalized spacial score (nSPS) is 25.5. The molecule has 234 valence electrons. The zero-order valence-corrected chi connectivity index (χ0v) is 28.9. The highest BCUT2D eigenvalue weighted by molar-refractivity contribution is 5.71. The summed E-state index contributed by atoms with van der Waals surface area (Å²) in [6.07, 6.45) is 6.24. The van der Waals surface area contributed by atoms with Crippen LogP contribution >= 0.6 is 0 Å². The minimum atomic E-state index is -0.325. The molecule has 0 aromatic heterocycles. The summed E-state index contributed by atoms with van der Waals surface area (Å²) in [5, 5.41) is 0. The molecule has 4 bridgehead atoms. The van der Waals surface area contributed by atoms with Crippen LogP contribution in [0.2, 0.25) is 0 Å². The first-order valence-corrected chi connectivity index (χ1v) is 18.3. The molecule has 4 fully saturated rings. The van der Waals surface area contributed by atoms with Gasteiger partial charge in [0.15, 0.2) is 13.7 Å². The maximum absolute atomic E-state index is 12.8. The average molecular weight is 710 g/mol. The number of benzene rings is 3. The van der Waals surface area contributed by atoms with Crippen LogP contribution in [0.5, 0.6) is 17.2 Å². The van der Waals surface area contributed by atoms with Crippen molar-refractivity contribution in [1.29, 1.82) is 0 Å². The molecule has 3 aromatic rings. The van der Waals surface area contributed by atoms with Gasteiger partial charge in [0.1, 0.15) is 36.1 Å². The lowest BCUT2D eigenvalue weighted by atomic mass is 9.50. The van der Waals surface area contributed by atoms with Gasteiger partial charge in [0.25, 0.3) is 0 Å². The second-order valence-electron chi connectivity index (χ2n) is 14.2. The number of hydrogen-bond acceptors (Lipinski definition) is 5. The van der Waals surface area contributed by atoms with Crippen molar-refractivity contribution in [3.05, 3.63) is 85.0 Å². The maximum atomic E-state index is 12.8. The van der Waals surface area contributed by atoms with Crippen molar-refractivity contribution in [3.8, 4) is 17.2 Å².